The fraction of sp³-hybridized carbons (Fsp3) is 0.750. The minimum Gasteiger partial charge on any atom is -0.350 e. The second-order valence-corrected chi connectivity index (χ2v) is 8.99. The van der Waals surface area contributed by atoms with E-state index in [9.17, 15) is 9.59 Å². The van der Waals surface area contributed by atoms with E-state index in [1.807, 2.05) is 0 Å². The van der Waals surface area contributed by atoms with E-state index >= 15 is 0 Å². The van der Waals surface area contributed by atoms with Crippen LogP contribution in [0.5, 0.6) is 0 Å². The highest BCUT2D eigenvalue weighted by molar-refractivity contribution is 7.09. The first-order chi connectivity index (χ1) is 12.7. The van der Waals surface area contributed by atoms with Gasteiger partial charge in [0.15, 0.2) is 0 Å². The van der Waals surface area contributed by atoms with Crippen molar-refractivity contribution >= 4 is 23.2 Å². The molecule has 1 aromatic rings. The van der Waals surface area contributed by atoms with Gasteiger partial charge in [-0.25, -0.2) is 4.98 Å². The molecule has 2 aliphatic carbocycles. The lowest BCUT2D eigenvalue weighted by molar-refractivity contribution is -0.137. The Balaban J connectivity index is 1.25. The van der Waals surface area contributed by atoms with E-state index in [2.05, 4.69) is 15.6 Å². The van der Waals surface area contributed by atoms with Gasteiger partial charge in [0, 0.05) is 36.2 Å². The van der Waals surface area contributed by atoms with Crippen LogP contribution in [0.25, 0.3) is 0 Å². The number of rotatable bonds is 5. The maximum absolute atomic E-state index is 12.7. The molecule has 0 atom stereocenters. The summed E-state index contributed by atoms with van der Waals surface area (Å²) in [5, 5.41) is 6.23. The predicted molar refractivity (Wildman–Crippen MR) is 102 cm³/mol. The number of amides is 2. The van der Waals surface area contributed by atoms with Crippen LogP contribution >= 0.6 is 11.3 Å². The van der Waals surface area contributed by atoms with E-state index in [1.165, 1.54) is 24.3 Å². The average Bonchev–Trinajstić information content (AvgIpc) is 3.44. The first-order valence-electron chi connectivity index (χ1n) is 10.2. The van der Waals surface area contributed by atoms with Gasteiger partial charge in [-0.3, -0.25) is 9.59 Å². The summed E-state index contributed by atoms with van der Waals surface area (Å²) in [5.74, 6) is 1.56. The average molecular weight is 376 g/mol. The molecule has 4 rings (SSSR count). The van der Waals surface area contributed by atoms with Crippen LogP contribution in [0.1, 0.15) is 74.4 Å². The molecule has 3 aliphatic rings. The standard InChI is InChI=1S/C20H29N3O2S/c24-18(14-6-7-14)21-12-17-13-26-19(22-17)15-8-10-23(11-9-15)20(25)16-4-2-1-3-5-16/h13-16H,1-12H2,(H,21,24). The lowest BCUT2D eigenvalue weighted by Gasteiger charge is -2.34. The van der Waals surface area contributed by atoms with Crippen molar-refractivity contribution in [2.24, 2.45) is 11.8 Å². The quantitative estimate of drug-likeness (QED) is 0.857. The Morgan fingerprint density at radius 1 is 1.04 bits per heavy atom. The van der Waals surface area contributed by atoms with E-state index in [0.29, 0.717) is 18.4 Å². The van der Waals surface area contributed by atoms with Crippen molar-refractivity contribution in [3.8, 4) is 0 Å². The molecule has 0 unspecified atom stereocenters. The molecule has 1 aliphatic heterocycles. The van der Waals surface area contributed by atoms with Gasteiger partial charge in [-0.1, -0.05) is 19.3 Å². The van der Waals surface area contributed by atoms with Crippen molar-refractivity contribution < 1.29 is 9.59 Å². The number of hydrogen-bond donors (Lipinski definition) is 1. The summed E-state index contributed by atoms with van der Waals surface area (Å²) in [5.41, 5.74) is 0.972. The minimum atomic E-state index is 0.175. The van der Waals surface area contributed by atoms with Crippen LogP contribution in [-0.4, -0.2) is 34.8 Å². The van der Waals surface area contributed by atoms with Crippen molar-refractivity contribution in [2.45, 2.75) is 70.3 Å². The number of aromatic nitrogens is 1. The van der Waals surface area contributed by atoms with Gasteiger partial charge >= 0.3 is 0 Å². The molecule has 26 heavy (non-hydrogen) atoms. The molecule has 2 amide bonds. The highest BCUT2D eigenvalue weighted by Crippen LogP contribution is 2.33. The molecule has 0 aromatic carbocycles. The largest absolute Gasteiger partial charge is 0.350 e. The Kier molecular flexibility index (Phi) is 5.57. The summed E-state index contributed by atoms with van der Waals surface area (Å²) in [6.07, 6.45) is 9.98. The van der Waals surface area contributed by atoms with Gasteiger partial charge in [0.05, 0.1) is 17.2 Å². The van der Waals surface area contributed by atoms with Crippen LogP contribution < -0.4 is 5.32 Å². The van der Waals surface area contributed by atoms with Gasteiger partial charge in [0.1, 0.15) is 0 Å². The lowest BCUT2D eigenvalue weighted by atomic mass is 9.87. The van der Waals surface area contributed by atoms with Gasteiger partial charge in [-0.15, -0.1) is 11.3 Å². The Labute approximate surface area is 159 Å². The van der Waals surface area contributed by atoms with Crippen LogP contribution in [0.4, 0.5) is 0 Å². The normalized spacial score (nSPS) is 22.4. The second kappa shape index (κ2) is 8.07. The van der Waals surface area contributed by atoms with Crippen molar-refractivity contribution in [3.05, 3.63) is 16.1 Å². The number of nitrogens with one attached hydrogen (secondary N) is 1. The number of hydrogen-bond acceptors (Lipinski definition) is 4. The number of carbonyl (C=O) groups excluding carboxylic acids is 2. The van der Waals surface area contributed by atoms with Gasteiger partial charge in [-0.2, -0.15) is 0 Å². The Morgan fingerprint density at radius 3 is 2.46 bits per heavy atom. The van der Waals surface area contributed by atoms with Crippen LogP contribution in [0.2, 0.25) is 0 Å². The summed E-state index contributed by atoms with van der Waals surface area (Å²) in [6.45, 7) is 2.28. The molecule has 0 bridgehead atoms. The third-order valence-electron chi connectivity index (χ3n) is 6.07. The van der Waals surface area contributed by atoms with Crippen molar-refractivity contribution in [1.82, 2.24) is 15.2 Å². The topological polar surface area (TPSA) is 62.3 Å². The molecule has 3 fully saturated rings. The maximum Gasteiger partial charge on any atom is 0.225 e. The molecule has 0 radical (unpaired) electrons. The minimum absolute atomic E-state index is 0.175. The number of thiazole rings is 1. The van der Waals surface area contributed by atoms with Crippen molar-refractivity contribution in [1.29, 1.82) is 0 Å². The van der Waals surface area contributed by atoms with Crippen LogP contribution in [-0.2, 0) is 16.1 Å². The zero-order chi connectivity index (χ0) is 17.9. The molecule has 2 saturated carbocycles. The molecular weight excluding hydrogens is 346 g/mol. The molecule has 1 aromatic heterocycles. The molecular formula is C20H29N3O2S. The number of likely N-dealkylation sites (tertiary alicyclic amines) is 1. The lowest BCUT2D eigenvalue weighted by Crippen LogP contribution is -2.41. The summed E-state index contributed by atoms with van der Waals surface area (Å²) < 4.78 is 0. The molecule has 2 heterocycles. The Morgan fingerprint density at radius 2 is 1.77 bits per heavy atom. The van der Waals surface area contributed by atoms with E-state index in [4.69, 9.17) is 4.98 Å². The van der Waals surface area contributed by atoms with Gasteiger partial charge in [0.25, 0.3) is 0 Å². The highest BCUT2D eigenvalue weighted by Gasteiger charge is 2.31. The zero-order valence-electron chi connectivity index (χ0n) is 15.4. The molecule has 142 valence electrons. The van der Waals surface area contributed by atoms with E-state index < -0.39 is 0 Å². The molecule has 5 nitrogen and oxygen atoms in total. The van der Waals surface area contributed by atoms with Gasteiger partial charge in [0.2, 0.25) is 11.8 Å². The highest BCUT2D eigenvalue weighted by atomic mass is 32.1. The fourth-order valence-corrected chi connectivity index (χ4v) is 5.20. The predicted octanol–water partition coefficient (Wildman–Crippen LogP) is 3.46. The van der Waals surface area contributed by atoms with E-state index in [1.54, 1.807) is 11.3 Å². The van der Waals surface area contributed by atoms with Crippen LogP contribution in [0.15, 0.2) is 5.38 Å². The molecule has 1 saturated heterocycles. The van der Waals surface area contributed by atoms with Gasteiger partial charge in [-0.05, 0) is 38.5 Å². The SMILES string of the molecule is O=C(NCc1csc(C2CCN(C(=O)C3CCCCC3)CC2)n1)C1CC1. The summed E-state index contributed by atoms with van der Waals surface area (Å²) in [7, 11) is 0. The molecule has 0 spiro atoms. The summed E-state index contributed by atoms with van der Waals surface area (Å²) in [6, 6.07) is 0. The Bertz CT molecular complexity index is 641. The van der Waals surface area contributed by atoms with Crippen molar-refractivity contribution in [2.75, 3.05) is 13.1 Å². The smallest absolute Gasteiger partial charge is 0.225 e. The number of piperidine rings is 1. The summed E-state index contributed by atoms with van der Waals surface area (Å²) >= 11 is 1.70. The number of carbonyl (C=O) groups is 2. The number of nitrogens with zero attached hydrogens (tertiary/aromatic N) is 2. The zero-order valence-corrected chi connectivity index (χ0v) is 16.2. The molecule has 1 N–H and O–H groups in total. The van der Waals surface area contributed by atoms with Crippen molar-refractivity contribution in [3.63, 3.8) is 0 Å². The summed E-state index contributed by atoms with van der Waals surface area (Å²) in [4.78, 5) is 31.3. The first kappa shape index (κ1) is 18.0. The third-order valence-corrected chi connectivity index (χ3v) is 7.13. The Hall–Kier alpha value is -1.43. The fourth-order valence-electron chi connectivity index (χ4n) is 4.21. The van der Waals surface area contributed by atoms with E-state index in [-0.39, 0.29) is 17.7 Å². The van der Waals surface area contributed by atoms with E-state index in [0.717, 1.165) is 57.3 Å². The van der Waals surface area contributed by atoms with Crippen LogP contribution in [0, 0.1) is 11.8 Å². The maximum atomic E-state index is 12.7. The first-order valence-corrected chi connectivity index (χ1v) is 11.1. The van der Waals surface area contributed by atoms with Gasteiger partial charge < -0.3 is 10.2 Å². The second-order valence-electron chi connectivity index (χ2n) is 8.10. The third kappa shape index (κ3) is 4.27. The van der Waals surface area contributed by atoms with Crippen LogP contribution in [0.3, 0.4) is 0 Å². The monoisotopic (exact) mass is 375 g/mol. The molecule has 6 heteroatoms.